The van der Waals surface area contributed by atoms with Crippen LogP contribution in [0.15, 0.2) is 24.3 Å². The Labute approximate surface area is 127 Å². The standard InChI is InChI=1S/C16H25NO3S/c1-3-4-5-10-17-16(18)9-11-21(19,20)13-15-8-6-7-14(2)12-15/h6-8,12H,3-5,9-11,13H2,1-2H3,(H,17,18). The summed E-state index contributed by atoms with van der Waals surface area (Å²) in [6.45, 7) is 4.66. The number of nitrogens with one attached hydrogen (secondary N) is 1. The average molecular weight is 311 g/mol. The summed E-state index contributed by atoms with van der Waals surface area (Å²) in [5, 5.41) is 2.76. The summed E-state index contributed by atoms with van der Waals surface area (Å²) in [5.74, 6) is -0.280. The smallest absolute Gasteiger partial charge is 0.221 e. The minimum Gasteiger partial charge on any atom is -0.356 e. The molecular weight excluding hydrogens is 286 g/mol. The molecule has 21 heavy (non-hydrogen) atoms. The number of benzene rings is 1. The molecule has 0 spiro atoms. The van der Waals surface area contributed by atoms with Gasteiger partial charge in [0.05, 0.1) is 11.5 Å². The Kier molecular flexibility index (Phi) is 7.43. The Morgan fingerprint density at radius 2 is 2.00 bits per heavy atom. The van der Waals surface area contributed by atoms with Gasteiger partial charge in [-0.1, -0.05) is 49.6 Å². The Hall–Kier alpha value is -1.36. The average Bonchev–Trinajstić information content (AvgIpc) is 2.41. The van der Waals surface area contributed by atoms with Crippen LogP contribution in [-0.4, -0.2) is 26.6 Å². The monoisotopic (exact) mass is 311 g/mol. The highest BCUT2D eigenvalue weighted by Gasteiger charge is 2.14. The van der Waals surface area contributed by atoms with Crippen LogP contribution in [-0.2, 0) is 20.4 Å². The van der Waals surface area contributed by atoms with Crippen LogP contribution in [0.3, 0.4) is 0 Å². The fourth-order valence-electron chi connectivity index (χ4n) is 2.07. The first-order valence-corrected chi connectivity index (χ1v) is 9.28. The molecule has 0 saturated heterocycles. The molecule has 1 amide bonds. The van der Waals surface area contributed by atoms with E-state index in [9.17, 15) is 13.2 Å². The van der Waals surface area contributed by atoms with Crippen LogP contribution in [0.25, 0.3) is 0 Å². The molecule has 0 fully saturated rings. The number of rotatable bonds is 9. The van der Waals surface area contributed by atoms with Gasteiger partial charge in [-0.15, -0.1) is 0 Å². The number of hydrogen-bond acceptors (Lipinski definition) is 3. The summed E-state index contributed by atoms with van der Waals surface area (Å²) < 4.78 is 24.0. The van der Waals surface area contributed by atoms with E-state index in [0.717, 1.165) is 30.4 Å². The lowest BCUT2D eigenvalue weighted by Gasteiger charge is -2.07. The second kappa shape index (κ2) is 8.82. The van der Waals surface area contributed by atoms with Crippen LogP contribution in [0.4, 0.5) is 0 Å². The maximum atomic E-state index is 12.0. The predicted octanol–water partition coefficient (Wildman–Crippen LogP) is 2.61. The molecule has 118 valence electrons. The topological polar surface area (TPSA) is 63.2 Å². The summed E-state index contributed by atoms with van der Waals surface area (Å²) in [6, 6.07) is 7.44. The van der Waals surface area contributed by atoms with Crippen molar-refractivity contribution in [3.8, 4) is 0 Å². The molecule has 0 aliphatic carbocycles. The highest BCUT2D eigenvalue weighted by Crippen LogP contribution is 2.09. The second-order valence-electron chi connectivity index (χ2n) is 5.39. The van der Waals surface area contributed by atoms with E-state index in [0.29, 0.717) is 6.54 Å². The maximum absolute atomic E-state index is 12.0. The summed E-state index contributed by atoms with van der Waals surface area (Å²) in [6.07, 6.45) is 3.16. The molecule has 1 aromatic rings. The first-order valence-electron chi connectivity index (χ1n) is 7.45. The van der Waals surface area contributed by atoms with Crippen molar-refractivity contribution in [3.05, 3.63) is 35.4 Å². The Balaban J connectivity index is 2.37. The minimum atomic E-state index is -3.24. The van der Waals surface area contributed by atoms with Crippen molar-refractivity contribution in [1.82, 2.24) is 5.32 Å². The number of aryl methyl sites for hydroxylation is 1. The van der Waals surface area contributed by atoms with Crippen molar-refractivity contribution in [2.45, 2.75) is 45.3 Å². The van der Waals surface area contributed by atoms with Crippen LogP contribution >= 0.6 is 0 Å². The third-order valence-corrected chi connectivity index (χ3v) is 4.81. The van der Waals surface area contributed by atoms with Gasteiger partial charge in [0.25, 0.3) is 0 Å². The third-order valence-electron chi connectivity index (χ3n) is 3.21. The maximum Gasteiger partial charge on any atom is 0.221 e. The van der Waals surface area contributed by atoms with Gasteiger partial charge in [0.1, 0.15) is 0 Å². The van der Waals surface area contributed by atoms with E-state index in [1.807, 2.05) is 25.1 Å². The molecule has 0 saturated carbocycles. The first kappa shape index (κ1) is 17.7. The van der Waals surface area contributed by atoms with Gasteiger partial charge in [-0.05, 0) is 18.9 Å². The zero-order valence-electron chi connectivity index (χ0n) is 12.9. The number of hydrogen-bond donors (Lipinski definition) is 1. The third kappa shape index (κ3) is 7.85. The van der Waals surface area contributed by atoms with Gasteiger partial charge in [-0.25, -0.2) is 8.42 Å². The van der Waals surface area contributed by atoms with E-state index in [-0.39, 0.29) is 23.8 Å². The molecule has 0 bridgehead atoms. The Morgan fingerprint density at radius 1 is 1.24 bits per heavy atom. The van der Waals surface area contributed by atoms with E-state index in [1.54, 1.807) is 6.07 Å². The molecule has 4 nitrogen and oxygen atoms in total. The lowest BCUT2D eigenvalue weighted by molar-refractivity contribution is -0.120. The number of amides is 1. The van der Waals surface area contributed by atoms with Crippen molar-refractivity contribution >= 4 is 15.7 Å². The van der Waals surface area contributed by atoms with Crippen LogP contribution in [0.1, 0.15) is 43.7 Å². The largest absolute Gasteiger partial charge is 0.356 e. The molecule has 1 aromatic carbocycles. The second-order valence-corrected chi connectivity index (χ2v) is 7.57. The number of carbonyl (C=O) groups excluding carboxylic acids is 1. The Morgan fingerprint density at radius 3 is 2.67 bits per heavy atom. The molecule has 0 radical (unpaired) electrons. The lowest BCUT2D eigenvalue weighted by Crippen LogP contribution is -2.26. The first-order chi connectivity index (χ1) is 9.93. The van der Waals surface area contributed by atoms with Crippen molar-refractivity contribution in [2.75, 3.05) is 12.3 Å². The fourth-order valence-corrected chi connectivity index (χ4v) is 3.40. The summed E-state index contributed by atoms with van der Waals surface area (Å²) in [4.78, 5) is 11.6. The van der Waals surface area contributed by atoms with Gasteiger partial charge in [-0.2, -0.15) is 0 Å². The highest BCUT2D eigenvalue weighted by atomic mass is 32.2. The fraction of sp³-hybridized carbons (Fsp3) is 0.562. The van der Waals surface area contributed by atoms with Crippen LogP contribution < -0.4 is 5.32 Å². The number of carbonyl (C=O) groups is 1. The van der Waals surface area contributed by atoms with Gasteiger partial charge in [0.2, 0.25) is 5.91 Å². The van der Waals surface area contributed by atoms with Crippen LogP contribution in [0.2, 0.25) is 0 Å². The number of sulfone groups is 1. The Bertz CT molecular complexity index is 552. The van der Waals surface area contributed by atoms with Gasteiger partial charge in [0, 0.05) is 13.0 Å². The molecule has 1 rings (SSSR count). The molecule has 0 aromatic heterocycles. The normalized spacial score (nSPS) is 11.3. The van der Waals surface area contributed by atoms with Gasteiger partial charge in [0.15, 0.2) is 9.84 Å². The van der Waals surface area contributed by atoms with Crippen molar-refractivity contribution < 1.29 is 13.2 Å². The zero-order chi connectivity index (χ0) is 15.7. The molecule has 0 aliphatic rings. The number of unbranched alkanes of at least 4 members (excludes halogenated alkanes) is 2. The van der Waals surface area contributed by atoms with Gasteiger partial charge in [-0.3, -0.25) is 4.79 Å². The molecule has 1 N–H and O–H groups in total. The van der Waals surface area contributed by atoms with Gasteiger partial charge >= 0.3 is 0 Å². The molecule has 0 atom stereocenters. The quantitative estimate of drug-likeness (QED) is 0.713. The summed E-state index contributed by atoms with van der Waals surface area (Å²) in [5.41, 5.74) is 1.81. The molecule has 0 unspecified atom stereocenters. The molecular formula is C16H25NO3S. The van der Waals surface area contributed by atoms with E-state index in [1.165, 1.54) is 0 Å². The van der Waals surface area contributed by atoms with Crippen molar-refractivity contribution in [1.29, 1.82) is 0 Å². The van der Waals surface area contributed by atoms with Crippen LogP contribution in [0.5, 0.6) is 0 Å². The van der Waals surface area contributed by atoms with E-state index < -0.39 is 9.84 Å². The molecule has 0 aliphatic heterocycles. The molecule has 0 heterocycles. The van der Waals surface area contributed by atoms with Crippen molar-refractivity contribution in [3.63, 3.8) is 0 Å². The van der Waals surface area contributed by atoms with E-state index in [2.05, 4.69) is 12.2 Å². The van der Waals surface area contributed by atoms with E-state index >= 15 is 0 Å². The summed E-state index contributed by atoms with van der Waals surface area (Å²) >= 11 is 0. The minimum absolute atomic E-state index is 0.00219. The highest BCUT2D eigenvalue weighted by molar-refractivity contribution is 7.90. The van der Waals surface area contributed by atoms with E-state index in [4.69, 9.17) is 0 Å². The van der Waals surface area contributed by atoms with Crippen LogP contribution in [0, 0.1) is 6.92 Å². The predicted molar refractivity (Wildman–Crippen MR) is 85.8 cm³/mol. The van der Waals surface area contributed by atoms with Crippen molar-refractivity contribution in [2.24, 2.45) is 0 Å². The SMILES string of the molecule is CCCCCNC(=O)CCS(=O)(=O)Cc1cccc(C)c1. The van der Waals surface area contributed by atoms with Gasteiger partial charge < -0.3 is 5.32 Å². The zero-order valence-corrected chi connectivity index (χ0v) is 13.7. The lowest BCUT2D eigenvalue weighted by atomic mass is 10.2. The molecule has 5 heteroatoms. The summed E-state index contributed by atoms with van der Waals surface area (Å²) in [7, 11) is -3.24.